The molecule has 0 spiro atoms. The molecule has 1 aromatic rings. The van der Waals surface area contributed by atoms with Gasteiger partial charge in [-0.15, -0.1) is 0 Å². The first-order valence-corrected chi connectivity index (χ1v) is 8.64. The minimum Gasteiger partial charge on any atom is -0.380 e. The quantitative estimate of drug-likeness (QED) is 0.714. The molecule has 5 nitrogen and oxygen atoms in total. The predicted molar refractivity (Wildman–Crippen MR) is 83.2 cm³/mol. The highest BCUT2D eigenvalue weighted by Crippen LogP contribution is 2.25. The number of hydrogen-bond donors (Lipinski definition) is 1. The van der Waals surface area contributed by atoms with E-state index in [1.165, 1.54) is 4.31 Å². The summed E-state index contributed by atoms with van der Waals surface area (Å²) in [5, 5.41) is 3.01. The van der Waals surface area contributed by atoms with Crippen molar-refractivity contribution in [3.63, 3.8) is 0 Å². The van der Waals surface area contributed by atoms with E-state index in [9.17, 15) is 8.42 Å². The molecule has 0 aromatic heterocycles. The van der Waals surface area contributed by atoms with Gasteiger partial charge < -0.3 is 10.1 Å². The van der Waals surface area contributed by atoms with Crippen LogP contribution in [0.4, 0.5) is 0 Å². The smallest absolute Gasteiger partial charge is 0.244 e. The molecule has 0 aliphatic heterocycles. The molecular weight excluding hydrogens is 344 g/mol. The number of likely N-dealkylation sites (N-methyl/N-ethyl adjacent to an activating group) is 1. The van der Waals surface area contributed by atoms with E-state index in [0.29, 0.717) is 30.8 Å². The Morgan fingerprint density at radius 3 is 2.70 bits per heavy atom. The summed E-state index contributed by atoms with van der Waals surface area (Å²) in [6, 6.07) is 5.34. The van der Waals surface area contributed by atoms with Gasteiger partial charge in [0.25, 0.3) is 0 Å². The Balaban J connectivity index is 2.98. The van der Waals surface area contributed by atoms with Crippen LogP contribution in [0.15, 0.2) is 27.6 Å². The Morgan fingerprint density at radius 1 is 1.40 bits per heavy atom. The third kappa shape index (κ3) is 4.53. The third-order valence-corrected chi connectivity index (χ3v) is 5.67. The van der Waals surface area contributed by atoms with Crippen molar-refractivity contribution in [2.24, 2.45) is 0 Å². The lowest BCUT2D eigenvalue weighted by molar-refractivity contribution is 0.138. The molecule has 0 amide bonds. The van der Waals surface area contributed by atoms with Gasteiger partial charge >= 0.3 is 0 Å². The molecule has 0 unspecified atom stereocenters. The fourth-order valence-corrected chi connectivity index (χ4v) is 3.81. The highest BCUT2D eigenvalue weighted by atomic mass is 79.9. The standard InChI is InChI=1S/C13H21BrN2O3S/c1-4-19-8-7-16(3)20(17,18)13-9-11(10-15-2)5-6-12(13)14/h5-6,9,15H,4,7-8,10H2,1-3H3. The molecule has 7 heteroatoms. The van der Waals surface area contributed by atoms with Crippen LogP contribution in [0.5, 0.6) is 0 Å². The van der Waals surface area contributed by atoms with E-state index >= 15 is 0 Å². The van der Waals surface area contributed by atoms with Crippen LogP contribution in [-0.2, 0) is 21.3 Å². The van der Waals surface area contributed by atoms with Crippen molar-refractivity contribution in [1.82, 2.24) is 9.62 Å². The van der Waals surface area contributed by atoms with E-state index in [1.807, 2.05) is 20.0 Å². The van der Waals surface area contributed by atoms with Gasteiger partial charge in [0.2, 0.25) is 10.0 Å². The van der Waals surface area contributed by atoms with Gasteiger partial charge in [0.1, 0.15) is 0 Å². The summed E-state index contributed by atoms with van der Waals surface area (Å²) >= 11 is 3.31. The number of halogens is 1. The van der Waals surface area contributed by atoms with Crippen LogP contribution in [0.25, 0.3) is 0 Å². The van der Waals surface area contributed by atoms with Crippen LogP contribution in [0.2, 0.25) is 0 Å². The van der Waals surface area contributed by atoms with E-state index in [4.69, 9.17) is 4.74 Å². The summed E-state index contributed by atoms with van der Waals surface area (Å²) in [7, 11) is -0.127. The second-order valence-electron chi connectivity index (χ2n) is 4.32. The zero-order chi connectivity index (χ0) is 15.2. The van der Waals surface area contributed by atoms with Gasteiger partial charge in [-0.05, 0) is 47.6 Å². The van der Waals surface area contributed by atoms with Gasteiger partial charge in [0.15, 0.2) is 0 Å². The van der Waals surface area contributed by atoms with Gasteiger partial charge in [0, 0.05) is 31.2 Å². The Labute approximate surface area is 129 Å². The molecule has 20 heavy (non-hydrogen) atoms. The molecule has 0 fully saturated rings. The molecule has 0 saturated heterocycles. The third-order valence-electron chi connectivity index (χ3n) is 2.82. The number of nitrogens with zero attached hydrogens (tertiary/aromatic N) is 1. The minimum absolute atomic E-state index is 0.282. The van der Waals surface area contributed by atoms with Crippen LogP contribution in [0.1, 0.15) is 12.5 Å². The van der Waals surface area contributed by atoms with E-state index in [-0.39, 0.29) is 4.90 Å². The molecule has 0 saturated carbocycles. The number of rotatable bonds is 8. The summed E-state index contributed by atoms with van der Waals surface area (Å²) in [6.07, 6.45) is 0. The first-order chi connectivity index (χ1) is 9.43. The molecule has 0 radical (unpaired) electrons. The van der Waals surface area contributed by atoms with Crippen molar-refractivity contribution in [1.29, 1.82) is 0 Å². The largest absolute Gasteiger partial charge is 0.380 e. The van der Waals surface area contributed by atoms with Crippen molar-refractivity contribution in [2.45, 2.75) is 18.4 Å². The van der Waals surface area contributed by atoms with E-state index in [1.54, 1.807) is 19.2 Å². The molecule has 0 heterocycles. The SMILES string of the molecule is CCOCCN(C)S(=O)(=O)c1cc(CNC)ccc1Br. The van der Waals surface area contributed by atoms with Crippen LogP contribution >= 0.6 is 15.9 Å². The van der Waals surface area contributed by atoms with Crippen molar-refractivity contribution in [2.75, 3.05) is 33.9 Å². The van der Waals surface area contributed by atoms with Gasteiger partial charge in [-0.1, -0.05) is 6.07 Å². The normalized spacial score (nSPS) is 12.1. The topological polar surface area (TPSA) is 58.6 Å². The Hall–Kier alpha value is -0.470. The summed E-state index contributed by atoms with van der Waals surface area (Å²) in [6.45, 7) is 3.80. The fraction of sp³-hybridized carbons (Fsp3) is 0.538. The maximum Gasteiger partial charge on any atom is 0.244 e. The van der Waals surface area contributed by atoms with Crippen LogP contribution in [0, 0.1) is 0 Å². The highest BCUT2D eigenvalue weighted by Gasteiger charge is 2.23. The molecule has 0 bridgehead atoms. The van der Waals surface area contributed by atoms with Gasteiger partial charge in [-0.2, -0.15) is 4.31 Å². The molecule has 1 N–H and O–H groups in total. The highest BCUT2D eigenvalue weighted by molar-refractivity contribution is 9.10. The Kier molecular flexibility index (Phi) is 7.11. The first-order valence-electron chi connectivity index (χ1n) is 6.40. The lowest BCUT2D eigenvalue weighted by atomic mass is 10.2. The fourth-order valence-electron chi connectivity index (χ4n) is 1.69. The lowest BCUT2D eigenvalue weighted by Crippen LogP contribution is -2.30. The van der Waals surface area contributed by atoms with Crippen molar-refractivity contribution >= 4 is 26.0 Å². The molecular formula is C13H21BrN2O3S. The van der Waals surface area contributed by atoms with E-state index < -0.39 is 10.0 Å². The maximum atomic E-state index is 12.5. The number of ether oxygens (including phenoxy) is 1. The van der Waals surface area contributed by atoms with Crippen LogP contribution < -0.4 is 5.32 Å². The van der Waals surface area contributed by atoms with Crippen molar-refractivity contribution in [3.05, 3.63) is 28.2 Å². The molecule has 0 aliphatic carbocycles. The first kappa shape index (κ1) is 17.6. The Bertz CT molecular complexity index is 534. The summed E-state index contributed by atoms with van der Waals surface area (Å²) in [4.78, 5) is 0.282. The molecule has 0 aliphatic rings. The van der Waals surface area contributed by atoms with Crippen molar-refractivity contribution < 1.29 is 13.2 Å². The summed E-state index contributed by atoms with van der Waals surface area (Å²) in [5.74, 6) is 0. The number of benzene rings is 1. The minimum atomic E-state index is -3.51. The summed E-state index contributed by atoms with van der Waals surface area (Å²) < 4.78 is 32.1. The van der Waals surface area contributed by atoms with E-state index in [2.05, 4.69) is 21.2 Å². The van der Waals surface area contributed by atoms with Crippen LogP contribution in [0.3, 0.4) is 0 Å². The van der Waals surface area contributed by atoms with Crippen LogP contribution in [-0.4, -0.2) is 46.6 Å². The predicted octanol–water partition coefficient (Wildman–Crippen LogP) is 1.83. The second kappa shape index (κ2) is 8.09. The molecule has 1 rings (SSSR count). The van der Waals surface area contributed by atoms with Gasteiger partial charge in [-0.3, -0.25) is 0 Å². The Morgan fingerprint density at radius 2 is 2.10 bits per heavy atom. The average molecular weight is 365 g/mol. The number of nitrogens with one attached hydrogen (secondary N) is 1. The maximum absolute atomic E-state index is 12.5. The van der Waals surface area contributed by atoms with Gasteiger partial charge in [-0.25, -0.2) is 8.42 Å². The zero-order valence-electron chi connectivity index (χ0n) is 12.0. The van der Waals surface area contributed by atoms with E-state index in [0.717, 1.165) is 5.56 Å². The molecule has 0 atom stereocenters. The number of sulfonamides is 1. The average Bonchev–Trinajstić information content (AvgIpc) is 2.41. The second-order valence-corrected chi connectivity index (χ2v) is 7.19. The van der Waals surface area contributed by atoms with Crippen molar-refractivity contribution in [3.8, 4) is 0 Å². The summed E-state index contributed by atoms with van der Waals surface area (Å²) in [5.41, 5.74) is 0.924. The van der Waals surface area contributed by atoms with Gasteiger partial charge in [0.05, 0.1) is 11.5 Å². The zero-order valence-corrected chi connectivity index (χ0v) is 14.4. The lowest BCUT2D eigenvalue weighted by Gasteiger charge is -2.18. The molecule has 1 aromatic carbocycles. The molecule has 114 valence electrons. The number of hydrogen-bond acceptors (Lipinski definition) is 4. The monoisotopic (exact) mass is 364 g/mol.